The van der Waals surface area contributed by atoms with Gasteiger partial charge in [-0.3, -0.25) is 4.79 Å². The van der Waals surface area contributed by atoms with Crippen LogP contribution in [0, 0.1) is 0 Å². The minimum Gasteiger partial charge on any atom is -0.462 e. The average molecular weight is 427 g/mol. The predicted octanol–water partition coefficient (Wildman–Crippen LogP) is 5.05. The Kier molecular flexibility index (Phi) is 5.42. The molecule has 0 spiro atoms. The van der Waals surface area contributed by atoms with Gasteiger partial charge in [0, 0.05) is 16.0 Å². The second-order valence-electron chi connectivity index (χ2n) is 7.70. The van der Waals surface area contributed by atoms with Crippen LogP contribution < -0.4 is 10.6 Å². The second-order valence-corrected chi connectivity index (χ2v) is 10.4. The smallest absolute Gasteiger partial charge is 0.341 e. The van der Waals surface area contributed by atoms with Gasteiger partial charge in [0.1, 0.15) is 5.00 Å². The normalized spacial score (nSPS) is 17.3. The van der Waals surface area contributed by atoms with Gasteiger partial charge in [-0.1, -0.05) is 11.6 Å². The third-order valence-electron chi connectivity index (χ3n) is 4.35. The van der Waals surface area contributed by atoms with E-state index in [4.69, 9.17) is 16.3 Å². The summed E-state index contributed by atoms with van der Waals surface area (Å²) in [6.07, 6.45) is 0.678. The molecule has 1 aliphatic heterocycles. The summed E-state index contributed by atoms with van der Waals surface area (Å²) in [7, 11) is 0. The van der Waals surface area contributed by atoms with Gasteiger partial charge in [0.25, 0.3) is 5.91 Å². The highest BCUT2D eigenvalue weighted by Gasteiger charge is 2.42. The fourth-order valence-electron chi connectivity index (χ4n) is 3.64. The summed E-state index contributed by atoms with van der Waals surface area (Å²) in [6.45, 7) is 10.4. The number of thiophene rings is 2. The number of carbonyl (C=O) groups excluding carboxylic acids is 2. The van der Waals surface area contributed by atoms with E-state index in [9.17, 15) is 9.59 Å². The van der Waals surface area contributed by atoms with Crippen molar-refractivity contribution in [3.8, 4) is 0 Å². The minimum atomic E-state index is -0.400. The number of amides is 1. The number of halogens is 1. The van der Waals surface area contributed by atoms with E-state index < -0.39 is 5.97 Å². The number of hydrogen-bond acceptors (Lipinski definition) is 6. The molecule has 0 unspecified atom stereocenters. The zero-order valence-electron chi connectivity index (χ0n) is 16.0. The minimum absolute atomic E-state index is 0.179. The van der Waals surface area contributed by atoms with E-state index in [-0.39, 0.29) is 23.6 Å². The molecule has 5 nitrogen and oxygen atoms in total. The van der Waals surface area contributed by atoms with Gasteiger partial charge in [-0.25, -0.2) is 4.79 Å². The summed E-state index contributed by atoms with van der Waals surface area (Å²) < 4.78 is 5.84. The summed E-state index contributed by atoms with van der Waals surface area (Å²) in [4.78, 5) is 26.9. The van der Waals surface area contributed by atoms with Crippen LogP contribution in [0.15, 0.2) is 12.1 Å². The van der Waals surface area contributed by atoms with E-state index in [2.05, 4.69) is 38.3 Å². The van der Waals surface area contributed by atoms with Crippen LogP contribution in [0.1, 0.15) is 65.1 Å². The van der Waals surface area contributed by atoms with Gasteiger partial charge in [-0.05, 0) is 58.7 Å². The van der Waals surface area contributed by atoms with Crippen molar-refractivity contribution in [3.63, 3.8) is 0 Å². The van der Waals surface area contributed by atoms with Gasteiger partial charge >= 0.3 is 5.97 Å². The molecule has 0 fully saturated rings. The Hall–Kier alpha value is -1.41. The van der Waals surface area contributed by atoms with Gasteiger partial charge in [-0.15, -0.1) is 22.7 Å². The lowest BCUT2D eigenvalue weighted by Gasteiger charge is -2.42. The Bertz CT molecular complexity index is 899. The fourth-order valence-corrected chi connectivity index (χ4v) is 5.83. The van der Waals surface area contributed by atoms with Gasteiger partial charge in [-0.2, -0.15) is 0 Å². The average Bonchev–Trinajstić information content (AvgIpc) is 3.10. The Labute approximate surface area is 172 Å². The summed E-state index contributed by atoms with van der Waals surface area (Å²) in [6, 6.07) is 3.36. The lowest BCUT2D eigenvalue weighted by atomic mass is 9.81. The summed E-state index contributed by atoms with van der Waals surface area (Å²) in [5.74, 6) is -0.677. The van der Waals surface area contributed by atoms with Crippen LogP contribution in [0.4, 0.5) is 5.00 Å². The first-order valence-corrected chi connectivity index (χ1v) is 10.7. The first-order valence-electron chi connectivity index (χ1n) is 8.73. The first kappa shape index (κ1) is 20.3. The Morgan fingerprint density at radius 2 is 1.96 bits per heavy atom. The first-order chi connectivity index (χ1) is 12.5. The van der Waals surface area contributed by atoms with E-state index in [1.807, 2.05) is 0 Å². The topological polar surface area (TPSA) is 67.4 Å². The third kappa shape index (κ3) is 4.06. The standard InChI is InChI=1S/C19H23ClN2O3S2/c1-6-25-17(24)13-10-9-18(2,3)22-19(4,5)14(10)27-16(13)21-15(23)11-7-8-12(20)26-11/h7-8,22H,6,9H2,1-5H3,(H,21,23). The Balaban J connectivity index is 2.07. The fraction of sp³-hybridized carbons (Fsp3) is 0.474. The van der Waals surface area contributed by atoms with Gasteiger partial charge < -0.3 is 15.4 Å². The number of hydrogen-bond donors (Lipinski definition) is 2. The molecule has 1 amide bonds. The molecule has 2 aromatic heterocycles. The van der Waals surface area contributed by atoms with E-state index in [1.165, 1.54) is 22.7 Å². The number of anilines is 1. The molecule has 0 saturated carbocycles. The van der Waals surface area contributed by atoms with Crippen molar-refractivity contribution in [1.82, 2.24) is 5.32 Å². The molecule has 8 heteroatoms. The van der Waals surface area contributed by atoms with Crippen LogP contribution >= 0.6 is 34.3 Å². The number of ether oxygens (including phenoxy) is 1. The van der Waals surface area contributed by atoms with E-state index >= 15 is 0 Å². The molecule has 0 radical (unpaired) electrons. The third-order valence-corrected chi connectivity index (χ3v) is 7.05. The molecule has 1 aliphatic rings. The number of carbonyl (C=O) groups is 2. The molecule has 0 aliphatic carbocycles. The zero-order valence-corrected chi connectivity index (χ0v) is 18.4. The van der Waals surface area contributed by atoms with Crippen LogP contribution in [0.3, 0.4) is 0 Å². The molecule has 3 rings (SSSR count). The summed E-state index contributed by atoms with van der Waals surface area (Å²) >= 11 is 8.57. The Morgan fingerprint density at radius 1 is 1.26 bits per heavy atom. The lowest BCUT2D eigenvalue weighted by molar-refractivity contribution is 0.0526. The number of esters is 1. The highest BCUT2D eigenvalue weighted by molar-refractivity contribution is 7.19. The number of rotatable bonds is 4. The van der Waals surface area contributed by atoms with E-state index in [1.54, 1.807) is 19.1 Å². The molecule has 3 heterocycles. The monoisotopic (exact) mass is 426 g/mol. The van der Waals surface area contributed by atoms with Crippen molar-refractivity contribution in [2.75, 3.05) is 11.9 Å². The van der Waals surface area contributed by atoms with E-state index in [0.29, 0.717) is 26.2 Å². The van der Waals surface area contributed by atoms with Crippen LogP contribution in [0.2, 0.25) is 4.34 Å². The molecule has 146 valence electrons. The van der Waals surface area contributed by atoms with Gasteiger partial charge in [0.2, 0.25) is 0 Å². The maximum absolute atomic E-state index is 12.7. The number of fused-ring (bicyclic) bond motifs is 1. The molecule has 27 heavy (non-hydrogen) atoms. The molecule has 0 bridgehead atoms. The maximum atomic E-state index is 12.7. The molecule has 2 N–H and O–H groups in total. The van der Waals surface area contributed by atoms with E-state index in [0.717, 1.165) is 10.4 Å². The van der Waals surface area contributed by atoms with Crippen LogP contribution in [0.25, 0.3) is 0 Å². The molecule has 0 aromatic carbocycles. The lowest BCUT2D eigenvalue weighted by Crippen LogP contribution is -2.55. The Morgan fingerprint density at radius 3 is 2.56 bits per heavy atom. The van der Waals surface area contributed by atoms with Crippen molar-refractivity contribution < 1.29 is 14.3 Å². The highest BCUT2D eigenvalue weighted by atomic mass is 35.5. The molecule has 0 saturated heterocycles. The van der Waals surface area contributed by atoms with Crippen LogP contribution in [0.5, 0.6) is 0 Å². The quantitative estimate of drug-likeness (QED) is 0.671. The maximum Gasteiger partial charge on any atom is 0.341 e. The van der Waals surface area contributed by atoms with Crippen molar-refractivity contribution in [3.05, 3.63) is 37.4 Å². The highest BCUT2D eigenvalue weighted by Crippen LogP contribution is 2.45. The van der Waals surface area contributed by atoms with Crippen molar-refractivity contribution in [2.24, 2.45) is 0 Å². The summed E-state index contributed by atoms with van der Waals surface area (Å²) in [5.41, 5.74) is 0.918. The van der Waals surface area contributed by atoms with Gasteiger partial charge in [0.15, 0.2) is 0 Å². The van der Waals surface area contributed by atoms with Crippen LogP contribution in [-0.2, 0) is 16.7 Å². The van der Waals surface area contributed by atoms with Crippen molar-refractivity contribution in [2.45, 2.75) is 52.1 Å². The number of nitrogens with one attached hydrogen (secondary N) is 2. The molecular formula is C19H23ClN2O3S2. The van der Waals surface area contributed by atoms with Crippen LogP contribution in [-0.4, -0.2) is 24.0 Å². The second kappa shape index (κ2) is 7.20. The largest absolute Gasteiger partial charge is 0.462 e. The van der Waals surface area contributed by atoms with Crippen molar-refractivity contribution >= 4 is 51.2 Å². The van der Waals surface area contributed by atoms with Crippen molar-refractivity contribution in [1.29, 1.82) is 0 Å². The van der Waals surface area contributed by atoms with Gasteiger partial charge in [0.05, 0.1) is 21.4 Å². The molecule has 0 atom stereocenters. The molecule has 2 aromatic rings. The molecular weight excluding hydrogens is 404 g/mol. The summed E-state index contributed by atoms with van der Waals surface area (Å²) in [5, 5.41) is 7.05. The zero-order chi connectivity index (χ0) is 20.0. The predicted molar refractivity (Wildman–Crippen MR) is 112 cm³/mol. The SMILES string of the molecule is CCOC(=O)c1c(NC(=O)c2ccc(Cl)s2)sc2c1CC(C)(C)NC2(C)C.